The Morgan fingerprint density at radius 3 is 2.77 bits per heavy atom. The second-order valence-corrected chi connectivity index (χ2v) is 7.32. The lowest BCUT2D eigenvalue weighted by molar-refractivity contribution is 0.0575. The maximum atomic E-state index is 12.5. The lowest BCUT2D eigenvalue weighted by Gasteiger charge is -2.24. The van der Waals surface area contributed by atoms with Crippen LogP contribution in [0.25, 0.3) is 0 Å². The van der Waals surface area contributed by atoms with Crippen LogP contribution in [0.3, 0.4) is 0 Å². The van der Waals surface area contributed by atoms with Crippen LogP contribution in [-0.2, 0) is 12.8 Å². The number of fused-ring (bicyclic) bond motifs is 1. The molecule has 6 nitrogen and oxygen atoms in total. The van der Waals surface area contributed by atoms with Gasteiger partial charge < -0.3 is 15.3 Å². The van der Waals surface area contributed by atoms with Gasteiger partial charge in [0, 0.05) is 31.0 Å². The Hall–Kier alpha value is -2.47. The summed E-state index contributed by atoms with van der Waals surface area (Å²) in [6.07, 6.45) is 8.54. The number of β-amino-alcohol motifs (C(OH)–C–C–N with tert-alkyl or cyclic N) is 1. The molecule has 1 aliphatic carbocycles. The van der Waals surface area contributed by atoms with E-state index >= 15 is 0 Å². The van der Waals surface area contributed by atoms with Gasteiger partial charge in [0.15, 0.2) is 0 Å². The van der Waals surface area contributed by atoms with Gasteiger partial charge in [0.05, 0.1) is 6.54 Å². The summed E-state index contributed by atoms with van der Waals surface area (Å²) in [7, 11) is 0. The molecule has 0 spiro atoms. The van der Waals surface area contributed by atoms with Crippen molar-refractivity contribution in [3.63, 3.8) is 0 Å². The van der Waals surface area contributed by atoms with Gasteiger partial charge >= 0.3 is 0 Å². The number of nitrogens with zero attached hydrogens (tertiary/aromatic N) is 3. The van der Waals surface area contributed by atoms with Gasteiger partial charge in [0.2, 0.25) is 5.95 Å². The van der Waals surface area contributed by atoms with Gasteiger partial charge in [-0.3, -0.25) is 4.79 Å². The second kappa shape index (κ2) is 7.03. The number of aryl methyl sites for hydroxylation is 2. The fraction of sp³-hybridized carbons (Fsp3) is 0.450. The highest BCUT2D eigenvalue weighted by Gasteiger charge is 2.37. The number of aliphatic hydroxyl groups is 1. The maximum Gasteiger partial charge on any atom is 0.251 e. The summed E-state index contributed by atoms with van der Waals surface area (Å²) in [5.74, 6) is 0.491. The zero-order valence-corrected chi connectivity index (χ0v) is 14.8. The monoisotopic (exact) mass is 352 g/mol. The van der Waals surface area contributed by atoms with E-state index in [1.165, 1.54) is 24.0 Å². The van der Waals surface area contributed by atoms with Crippen LogP contribution in [0.1, 0.15) is 40.7 Å². The minimum absolute atomic E-state index is 0.124. The van der Waals surface area contributed by atoms with Crippen LogP contribution in [0.5, 0.6) is 0 Å². The summed E-state index contributed by atoms with van der Waals surface area (Å²) in [6.45, 7) is 1.32. The van der Waals surface area contributed by atoms with Gasteiger partial charge in [0.1, 0.15) is 5.60 Å². The zero-order valence-electron chi connectivity index (χ0n) is 14.8. The number of nitrogens with one attached hydrogen (secondary N) is 1. The van der Waals surface area contributed by atoms with Gasteiger partial charge in [0.25, 0.3) is 5.91 Å². The summed E-state index contributed by atoms with van der Waals surface area (Å²) < 4.78 is 0. The standard InChI is InChI=1S/C20H24N4O2/c25-18(17-7-6-15-4-1-2-5-16(15)12-17)23-13-20(26)8-11-24(14-20)19-21-9-3-10-22-19/h3,6-7,9-10,12,26H,1-2,4-5,8,11,13-14H2,(H,23,25)/t20-/m0/s1. The number of carbonyl (C=O) groups is 1. The van der Waals surface area contributed by atoms with Crippen molar-refractivity contribution >= 4 is 11.9 Å². The number of carbonyl (C=O) groups excluding carboxylic acids is 1. The van der Waals surface area contributed by atoms with Gasteiger partial charge in [-0.05, 0) is 61.4 Å². The summed E-state index contributed by atoms with van der Waals surface area (Å²) in [4.78, 5) is 22.9. The highest BCUT2D eigenvalue weighted by molar-refractivity contribution is 5.94. The molecule has 0 radical (unpaired) electrons. The fourth-order valence-corrected chi connectivity index (χ4v) is 3.85. The van der Waals surface area contributed by atoms with Crippen LogP contribution < -0.4 is 10.2 Å². The zero-order chi connectivity index (χ0) is 18.0. The number of benzene rings is 1. The first-order chi connectivity index (χ1) is 12.6. The molecule has 2 aromatic rings. The molecule has 4 rings (SSSR count). The smallest absolute Gasteiger partial charge is 0.251 e. The average Bonchev–Trinajstić information content (AvgIpc) is 3.09. The van der Waals surface area contributed by atoms with Gasteiger partial charge in [-0.2, -0.15) is 0 Å². The molecule has 136 valence electrons. The molecule has 1 saturated heterocycles. The quantitative estimate of drug-likeness (QED) is 0.876. The molecule has 1 atom stereocenters. The highest BCUT2D eigenvalue weighted by atomic mass is 16.3. The van der Waals surface area contributed by atoms with Crippen molar-refractivity contribution in [3.8, 4) is 0 Å². The lowest BCUT2D eigenvalue weighted by Crippen LogP contribution is -2.45. The third kappa shape index (κ3) is 3.55. The van der Waals surface area contributed by atoms with Crippen molar-refractivity contribution in [2.75, 3.05) is 24.5 Å². The van der Waals surface area contributed by atoms with E-state index in [4.69, 9.17) is 0 Å². The number of hydrogen-bond donors (Lipinski definition) is 2. The third-order valence-corrected chi connectivity index (χ3v) is 5.36. The molecule has 0 bridgehead atoms. The third-order valence-electron chi connectivity index (χ3n) is 5.36. The molecular weight excluding hydrogens is 328 g/mol. The van der Waals surface area contributed by atoms with E-state index in [0.717, 1.165) is 12.8 Å². The summed E-state index contributed by atoms with van der Waals surface area (Å²) >= 11 is 0. The molecule has 0 unspecified atom stereocenters. The highest BCUT2D eigenvalue weighted by Crippen LogP contribution is 2.24. The van der Waals surface area contributed by atoms with Crippen LogP contribution in [0, 0.1) is 0 Å². The van der Waals surface area contributed by atoms with Crippen molar-refractivity contribution in [2.45, 2.75) is 37.7 Å². The normalized spacial score (nSPS) is 22.1. The minimum Gasteiger partial charge on any atom is -0.386 e. The first-order valence-corrected chi connectivity index (χ1v) is 9.27. The van der Waals surface area contributed by atoms with E-state index in [0.29, 0.717) is 31.0 Å². The van der Waals surface area contributed by atoms with Crippen LogP contribution in [0.4, 0.5) is 5.95 Å². The van der Waals surface area contributed by atoms with E-state index in [9.17, 15) is 9.90 Å². The van der Waals surface area contributed by atoms with E-state index in [1.54, 1.807) is 18.5 Å². The molecule has 1 aliphatic heterocycles. The van der Waals surface area contributed by atoms with Crippen molar-refractivity contribution in [2.24, 2.45) is 0 Å². The van der Waals surface area contributed by atoms with Crippen molar-refractivity contribution < 1.29 is 9.90 Å². The van der Waals surface area contributed by atoms with Crippen LogP contribution in [0.2, 0.25) is 0 Å². The first-order valence-electron chi connectivity index (χ1n) is 9.27. The summed E-state index contributed by atoms with van der Waals surface area (Å²) in [6, 6.07) is 7.74. The number of hydrogen-bond acceptors (Lipinski definition) is 5. The largest absolute Gasteiger partial charge is 0.386 e. The molecule has 1 fully saturated rings. The average molecular weight is 352 g/mol. The van der Waals surface area contributed by atoms with Crippen molar-refractivity contribution in [3.05, 3.63) is 53.3 Å². The second-order valence-electron chi connectivity index (χ2n) is 7.32. The van der Waals surface area contributed by atoms with Crippen molar-refractivity contribution in [1.29, 1.82) is 0 Å². The van der Waals surface area contributed by atoms with Crippen LogP contribution in [0.15, 0.2) is 36.7 Å². The van der Waals surface area contributed by atoms with E-state index in [2.05, 4.69) is 21.4 Å². The number of amides is 1. The Balaban J connectivity index is 1.37. The van der Waals surface area contributed by atoms with Crippen LogP contribution in [-0.4, -0.2) is 46.2 Å². The molecule has 6 heteroatoms. The van der Waals surface area contributed by atoms with E-state index in [-0.39, 0.29) is 12.5 Å². The molecule has 26 heavy (non-hydrogen) atoms. The van der Waals surface area contributed by atoms with E-state index < -0.39 is 5.60 Å². The SMILES string of the molecule is O=C(NC[C@@]1(O)CCN(c2ncccn2)C1)c1ccc2c(c1)CCCC2. The Morgan fingerprint density at radius 1 is 1.19 bits per heavy atom. The molecule has 1 amide bonds. The molecule has 1 aromatic carbocycles. The Kier molecular flexibility index (Phi) is 4.59. The van der Waals surface area contributed by atoms with Crippen molar-refractivity contribution in [1.82, 2.24) is 15.3 Å². The Bertz CT molecular complexity index is 796. The summed E-state index contributed by atoms with van der Waals surface area (Å²) in [5.41, 5.74) is 2.37. The molecular formula is C20H24N4O2. The van der Waals surface area contributed by atoms with Gasteiger partial charge in [-0.25, -0.2) is 9.97 Å². The molecule has 2 N–H and O–H groups in total. The van der Waals surface area contributed by atoms with Gasteiger partial charge in [-0.15, -0.1) is 0 Å². The predicted molar refractivity (Wildman–Crippen MR) is 99.2 cm³/mol. The predicted octanol–water partition coefficient (Wildman–Crippen LogP) is 1.73. The minimum atomic E-state index is -0.955. The topological polar surface area (TPSA) is 78.4 Å². The molecule has 1 aromatic heterocycles. The number of rotatable bonds is 4. The first kappa shape index (κ1) is 17.0. The van der Waals surface area contributed by atoms with Gasteiger partial charge in [-0.1, -0.05) is 6.07 Å². The number of aromatic nitrogens is 2. The summed E-state index contributed by atoms with van der Waals surface area (Å²) in [5, 5.41) is 13.7. The number of anilines is 1. The Labute approximate surface area is 153 Å². The molecule has 2 aliphatic rings. The molecule has 2 heterocycles. The maximum absolute atomic E-state index is 12.5. The fourth-order valence-electron chi connectivity index (χ4n) is 3.85. The van der Waals surface area contributed by atoms with E-state index in [1.807, 2.05) is 17.0 Å². The lowest BCUT2D eigenvalue weighted by atomic mass is 9.90. The van der Waals surface area contributed by atoms with Crippen LogP contribution >= 0.6 is 0 Å². The Morgan fingerprint density at radius 2 is 1.96 bits per heavy atom. The molecule has 0 saturated carbocycles.